The van der Waals surface area contributed by atoms with Gasteiger partial charge < -0.3 is 14.6 Å². The third-order valence-electron chi connectivity index (χ3n) is 4.55. The second-order valence-corrected chi connectivity index (χ2v) is 6.93. The van der Waals surface area contributed by atoms with E-state index in [1.807, 2.05) is 30.3 Å². The summed E-state index contributed by atoms with van der Waals surface area (Å²) in [5, 5.41) is 8.98. The normalized spacial score (nSPS) is 11.5. The molecule has 0 saturated heterocycles. The van der Waals surface area contributed by atoms with Gasteiger partial charge in [0.15, 0.2) is 0 Å². The fourth-order valence-electron chi connectivity index (χ4n) is 3.10. The molecule has 166 valence electrons. The van der Waals surface area contributed by atoms with Gasteiger partial charge >= 0.3 is 12.3 Å². The predicted molar refractivity (Wildman–Crippen MR) is 115 cm³/mol. The van der Waals surface area contributed by atoms with Crippen LogP contribution in [0.1, 0.15) is 17.5 Å². The van der Waals surface area contributed by atoms with Crippen molar-refractivity contribution in [2.45, 2.75) is 19.2 Å². The van der Waals surface area contributed by atoms with Gasteiger partial charge in [0.25, 0.3) is 0 Å². The van der Waals surface area contributed by atoms with Crippen LogP contribution in [0.4, 0.5) is 13.2 Å². The van der Waals surface area contributed by atoms with Gasteiger partial charge in [-0.2, -0.15) is 0 Å². The number of halogens is 3. The van der Waals surface area contributed by atoms with Crippen molar-refractivity contribution in [1.29, 1.82) is 0 Å². The lowest BCUT2D eigenvalue weighted by Gasteiger charge is -2.12. The summed E-state index contributed by atoms with van der Waals surface area (Å²) < 4.78 is 46.8. The van der Waals surface area contributed by atoms with Crippen molar-refractivity contribution in [2.24, 2.45) is 0 Å². The fraction of sp³-hybridized carbons (Fsp3) is 0.160. The summed E-state index contributed by atoms with van der Waals surface area (Å²) in [5.74, 6) is -0.888. The van der Waals surface area contributed by atoms with E-state index in [1.165, 1.54) is 35.9 Å². The Bertz CT molecular complexity index is 1060. The predicted octanol–water partition coefficient (Wildman–Crippen LogP) is 6.36. The minimum Gasteiger partial charge on any atom is -0.493 e. The van der Waals surface area contributed by atoms with Crippen LogP contribution in [0.5, 0.6) is 11.5 Å². The quantitative estimate of drug-likeness (QED) is 0.309. The largest absolute Gasteiger partial charge is 0.573 e. The van der Waals surface area contributed by atoms with Crippen LogP contribution in [0.3, 0.4) is 0 Å². The number of carboxylic acids is 1. The highest BCUT2D eigenvalue weighted by atomic mass is 19.4. The van der Waals surface area contributed by atoms with Crippen molar-refractivity contribution in [3.63, 3.8) is 0 Å². The molecule has 0 bridgehead atoms. The Morgan fingerprint density at radius 3 is 2.28 bits per heavy atom. The van der Waals surface area contributed by atoms with Gasteiger partial charge in [-0.15, -0.1) is 13.2 Å². The van der Waals surface area contributed by atoms with Gasteiger partial charge in [0.2, 0.25) is 0 Å². The second kappa shape index (κ2) is 10.5. The third kappa shape index (κ3) is 7.19. The first kappa shape index (κ1) is 22.9. The van der Waals surface area contributed by atoms with E-state index in [0.717, 1.165) is 18.9 Å². The zero-order valence-corrected chi connectivity index (χ0v) is 17.0. The van der Waals surface area contributed by atoms with Gasteiger partial charge in [0.1, 0.15) is 11.5 Å². The lowest BCUT2D eigenvalue weighted by Crippen LogP contribution is -2.16. The number of alkyl halides is 3. The summed E-state index contributed by atoms with van der Waals surface area (Å²) in [6, 6.07) is 20.7. The number of aryl methyl sites for hydroxylation is 1. The molecule has 7 heteroatoms. The van der Waals surface area contributed by atoms with Crippen molar-refractivity contribution >= 4 is 12.0 Å². The molecular weight excluding hydrogens is 421 g/mol. The Labute approximate surface area is 183 Å². The van der Waals surface area contributed by atoms with Crippen LogP contribution < -0.4 is 9.47 Å². The average Bonchev–Trinajstić information content (AvgIpc) is 2.76. The number of carboxylic acid groups (broad SMARTS) is 1. The monoisotopic (exact) mass is 442 g/mol. The van der Waals surface area contributed by atoms with E-state index in [9.17, 15) is 18.0 Å². The molecule has 3 rings (SSSR count). The zero-order valence-electron chi connectivity index (χ0n) is 17.0. The van der Waals surface area contributed by atoms with Gasteiger partial charge in [-0.25, -0.2) is 4.79 Å². The van der Waals surface area contributed by atoms with E-state index in [1.54, 1.807) is 18.2 Å². The summed E-state index contributed by atoms with van der Waals surface area (Å²) in [6.07, 6.45) is -0.675. The van der Waals surface area contributed by atoms with Crippen molar-refractivity contribution in [3.05, 3.63) is 90.0 Å². The summed E-state index contributed by atoms with van der Waals surface area (Å²) in [7, 11) is 0. The molecule has 0 unspecified atom stereocenters. The molecule has 3 aromatic carbocycles. The number of carbonyl (C=O) groups is 1. The summed E-state index contributed by atoms with van der Waals surface area (Å²) >= 11 is 0. The number of ether oxygens (including phenoxy) is 2. The van der Waals surface area contributed by atoms with Crippen LogP contribution in [0.15, 0.2) is 78.9 Å². The Morgan fingerprint density at radius 1 is 0.938 bits per heavy atom. The first-order valence-electron chi connectivity index (χ1n) is 9.88. The second-order valence-electron chi connectivity index (χ2n) is 6.93. The molecule has 4 nitrogen and oxygen atoms in total. The van der Waals surface area contributed by atoms with Crippen LogP contribution in [0.25, 0.3) is 17.2 Å². The Hall–Kier alpha value is -3.74. The van der Waals surface area contributed by atoms with Crippen LogP contribution in [0.2, 0.25) is 0 Å². The molecule has 0 aromatic heterocycles. The van der Waals surface area contributed by atoms with E-state index in [4.69, 9.17) is 9.84 Å². The van der Waals surface area contributed by atoms with Crippen LogP contribution in [-0.2, 0) is 11.2 Å². The van der Waals surface area contributed by atoms with Crippen LogP contribution in [0, 0.1) is 0 Å². The SMILES string of the molecule is O=C(O)C=Cc1cc(-c2ccc(OC(F)(F)F)cc2)ccc1OCCCc1ccccc1. The molecule has 0 aliphatic rings. The van der Waals surface area contributed by atoms with Crippen molar-refractivity contribution in [3.8, 4) is 22.6 Å². The fourth-order valence-corrected chi connectivity index (χ4v) is 3.10. The highest BCUT2D eigenvalue weighted by Crippen LogP contribution is 2.30. The third-order valence-corrected chi connectivity index (χ3v) is 4.55. The van der Waals surface area contributed by atoms with Crippen molar-refractivity contribution in [2.75, 3.05) is 6.61 Å². The maximum atomic E-state index is 12.3. The van der Waals surface area contributed by atoms with Gasteiger partial charge in [-0.05, 0) is 59.9 Å². The molecule has 1 N–H and O–H groups in total. The van der Waals surface area contributed by atoms with Gasteiger partial charge in [-0.1, -0.05) is 48.5 Å². The van der Waals surface area contributed by atoms with E-state index in [0.29, 0.717) is 29.0 Å². The molecule has 0 aliphatic heterocycles. The van der Waals surface area contributed by atoms with Crippen molar-refractivity contribution in [1.82, 2.24) is 0 Å². The molecular formula is C25H21F3O4. The number of aliphatic carboxylic acids is 1. The van der Waals surface area contributed by atoms with E-state index >= 15 is 0 Å². The highest BCUT2D eigenvalue weighted by molar-refractivity contribution is 5.86. The van der Waals surface area contributed by atoms with Crippen LogP contribution >= 0.6 is 0 Å². The average molecular weight is 442 g/mol. The smallest absolute Gasteiger partial charge is 0.493 e. The number of rotatable bonds is 9. The molecule has 0 fully saturated rings. The first-order valence-corrected chi connectivity index (χ1v) is 9.88. The highest BCUT2D eigenvalue weighted by Gasteiger charge is 2.30. The Kier molecular flexibility index (Phi) is 7.54. The summed E-state index contributed by atoms with van der Waals surface area (Å²) in [5.41, 5.74) is 3.11. The maximum Gasteiger partial charge on any atom is 0.573 e. The molecule has 0 aliphatic carbocycles. The topological polar surface area (TPSA) is 55.8 Å². The molecule has 0 saturated carbocycles. The zero-order chi connectivity index (χ0) is 23.0. The maximum absolute atomic E-state index is 12.3. The first-order chi connectivity index (χ1) is 15.3. The van der Waals surface area contributed by atoms with Crippen molar-refractivity contribution < 1.29 is 32.5 Å². The number of hydrogen-bond donors (Lipinski definition) is 1. The minimum absolute atomic E-state index is 0.314. The Morgan fingerprint density at radius 2 is 1.62 bits per heavy atom. The molecule has 0 spiro atoms. The standard InChI is InChI=1S/C25H21F3O4/c26-25(27,28)32-22-12-8-19(9-13-22)20-10-14-23(21(17-20)11-15-24(29)30)31-16-4-7-18-5-2-1-3-6-18/h1-3,5-6,8-15,17H,4,7,16H2,(H,29,30). The van der Waals surface area contributed by atoms with Gasteiger partial charge in [0.05, 0.1) is 6.61 Å². The van der Waals surface area contributed by atoms with E-state index < -0.39 is 12.3 Å². The van der Waals surface area contributed by atoms with Crippen LogP contribution in [-0.4, -0.2) is 24.0 Å². The molecule has 3 aromatic rings. The van der Waals surface area contributed by atoms with Gasteiger partial charge in [-0.3, -0.25) is 0 Å². The number of hydrogen-bond acceptors (Lipinski definition) is 3. The van der Waals surface area contributed by atoms with Gasteiger partial charge in [0, 0.05) is 11.6 Å². The molecule has 0 radical (unpaired) electrons. The molecule has 0 atom stereocenters. The lowest BCUT2D eigenvalue weighted by molar-refractivity contribution is -0.274. The molecule has 0 amide bonds. The Balaban J connectivity index is 1.73. The van der Waals surface area contributed by atoms with E-state index in [2.05, 4.69) is 4.74 Å². The minimum atomic E-state index is -4.75. The van der Waals surface area contributed by atoms with E-state index in [-0.39, 0.29) is 5.75 Å². The molecule has 32 heavy (non-hydrogen) atoms. The molecule has 0 heterocycles. The lowest BCUT2D eigenvalue weighted by atomic mass is 10.0. The summed E-state index contributed by atoms with van der Waals surface area (Å²) in [6.45, 7) is 0.450. The number of benzene rings is 3. The summed E-state index contributed by atoms with van der Waals surface area (Å²) in [4.78, 5) is 11.0.